The molecule has 0 unspecified atom stereocenters. The summed E-state index contributed by atoms with van der Waals surface area (Å²) in [7, 11) is -3.76. The maximum absolute atomic E-state index is 13.1. The summed E-state index contributed by atoms with van der Waals surface area (Å²) in [6, 6.07) is 14.2. The average Bonchev–Trinajstić information content (AvgIpc) is 2.46. The molecule has 0 amide bonds. The van der Waals surface area contributed by atoms with Crippen LogP contribution in [0.25, 0.3) is 0 Å². The third kappa shape index (κ3) is 5.43. The number of ether oxygens (including phenoxy) is 1. The number of benzene rings is 2. The molecule has 2 aromatic carbocycles. The lowest BCUT2D eigenvalue weighted by molar-refractivity contribution is -0.140. The fourth-order valence-corrected chi connectivity index (χ4v) is 3.56. The van der Waals surface area contributed by atoms with Gasteiger partial charge in [0.05, 0.1) is 6.61 Å². The van der Waals surface area contributed by atoms with Crippen molar-refractivity contribution in [2.24, 2.45) is 0 Å². The Morgan fingerprint density at radius 3 is 1.88 bits per heavy atom. The topological polar surface area (TPSA) is 61.8 Å². The van der Waals surface area contributed by atoms with Crippen LogP contribution in [0.1, 0.15) is 18.1 Å². The van der Waals surface area contributed by atoms with E-state index < -0.39 is 19.7 Å². The second kappa shape index (κ2) is 8.02. The minimum atomic E-state index is -3.76. The Hall–Kier alpha value is -2.26. The van der Waals surface area contributed by atoms with Crippen molar-refractivity contribution < 1.29 is 23.1 Å². The van der Waals surface area contributed by atoms with Gasteiger partial charge in [0.2, 0.25) is 0 Å². The van der Waals surface area contributed by atoms with E-state index in [2.05, 4.69) is 0 Å². The molecule has 6 heteroatoms. The lowest BCUT2D eigenvalue weighted by Crippen LogP contribution is -2.15. The molecule has 128 valence electrons. The molecule has 0 aliphatic carbocycles. The van der Waals surface area contributed by atoms with Gasteiger partial charge in [-0.05, 0) is 56.2 Å². The molecular weight excluding hydrogens is 327 g/mol. The lowest BCUT2D eigenvalue weighted by atomic mass is 10.2. The summed E-state index contributed by atoms with van der Waals surface area (Å²) < 4.78 is 29.2. The standard InChI is InChI=1S/C18H21O5P/c1-4-21-18(19)13-24(20,22-16-9-5-7-14(2)11-16)23-17-10-6-8-15(3)12-17/h5-12H,4,13H2,1-3H3. The van der Waals surface area contributed by atoms with Crippen LogP contribution in [0.15, 0.2) is 48.5 Å². The molecular formula is C18H21O5P. The fourth-order valence-electron chi connectivity index (χ4n) is 2.11. The Morgan fingerprint density at radius 2 is 1.46 bits per heavy atom. The van der Waals surface area contributed by atoms with Gasteiger partial charge in [0, 0.05) is 0 Å². The fraction of sp³-hybridized carbons (Fsp3) is 0.278. The van der Waals surface area contributed by atoms with Crippen molar-refractivity contribution in [2.75, 3.05) is 12.8 Å². The van der Waals surface area contributed by atoms with Crippen molar-refractivity contribution in [3.63, 3.8) is 0 Å². The first kappa shape index (κ1) is 18.1. The van der Waals surface area contributed by atoms with Crippen molar-refractivity contribution >= 4 is 13.6 Å². The minimum absolute atomic E-state index is 0.202. The van der Waals surface area contributed by atoms with E-state index in [9.17, 15) is 9.36 Å². The molecule has 24 heavy (non-hydrogen) atoms. The van der Waals surface area contributed by atoms with Gasteiger partial charge in [-0.2, -0.15) is 0 Å². The highest BCUT2D eigenvalue weighted by Gasteiger charge is 2.33. The summed E-state index contributed by atoms with van der Waals surface area (Å²) in [5.41, 5.74) is 1.90. The molecule has 0 N–H and O–H groups in total. The molecule has 5 nitrogen and oxygen atoms in total. The van der Waals surface area contributed by atoms with E-state index in [0.29, 0.717) is 11.5 Å². The van der Waals surface area contributed by atoms with E-state index in [1.807, 2.05) is 26.0 Å². The Morgan fingerprint density at radius 1 is 0.958 bits per heavy atom. The van der Waals surface area contributed by atoms with E-state index in [-0.39, 0.29) is 6.61 Å². The molecule has 2 aromatic rings. The second-order valence-electron chi connectivity index (χ2n) is 5.39. The molecule has 0 aliphatic heterocycles. The Bertz CT molecular complexity index is 705. The summed E-state index contributed by atoms with van der Waals surface area (Å²) in [5.74, 6) is 0.145. The van der Waals surface area contributed by atoms with Gasteiger partial charge in [0.15, 0.2) is 6.16 Å². The zero-order valence-corrected chi connectivity index (χ0v) is 14.9. The maximum Gasteiger partial charge on any atom is 0.441 e. The van der Waals surface area contributed by atoms with E-state index in [0.717, 1.165) is 11.1 Å². The highest BCUT2D eigenvalue weighted by Crippen LogP contribution is 2.48. The molecule has 0 atom stereocenters. The quantitative estimate of drug-likeness (QED) is 0.544. The summed E-state index contributed by atoms with van der Waals surface area (Å²) in [5, 5.41) is 0. The van der Waals surface area contributed by atoms with E-state index >= 15 is 0 Å². The normalized spacial score (nSPS) is 11.0. The van der Waals surface area contributed by atoms with Crippen molar-refractivity contribution in [3.8, 4) is 11.5 Å². The van der Waals surface area contributed by atoms with Crippen LogP contribution >= 0.6 is 7.60 Å². The number of carbonyl (C=O) groups excluding carboxylic acids is 1. The molecule has 0 saturated carbocycles. The van der Waals surface area contributed by atoms with Crippen LogP contribution in [0, 0.1) is 13.8 Å². The first-order valence-electron chi connectivity index (χ1n) is 7.67. The van der Waals surface area contributed by atoms with Crippen LogP contribution in [0.2, 0.25) is 0 Å². The molecule has 0 bridgehead atoms. The maximum atomic E-state index is 13.1. The molecule has 0 fully saturated rings. The molecule has 0 aromatic heterocycles. The number of esters is 1. The van der Waals surface area contributed by atoms with Crippen LogP contribution in [0.5, 0.6) is 11.5 Å². The molecule has 2 rings (SSSR count). The zero-order chi connectivity index (χ0) is 17.6. The summed E-state index contributed by atoms with van der Waals surface area (Å²) in [6.45, 7) is 5.68. The van der Waals surface area contributed by atoms with Gasteiger partial charge in [-0.25, -0.2) is 4.57 Å². The van der Waals surface area contributed by atoms with Crippen molar-refractivity contribution in [2.45, 2.75) is 20.8 Å². The van der Waals surface area contributed by atoms with Crippen LogP contribution in [0.3, 0.4) is 0 Å². The lowest BCUT2D eigenvalue weighted by Gasteiger charge is -2.20. The number of hydrogen-bond acceptors (Lipinski definition) is 5. The van der Waals surface area contributed by atoms with Gasteiger partial charge in [0.25, 0.3) is 0 Å². The first-order valence-corrected chi connectivity index (χ1v) is 9.40. The van der Waals surface area contributed by atoms with E-state index in [4.69, 9.17) is 13.8 Å². The number of aryl methyl sites for hydroxylation is 2. The van der Waals surface area contributed by atoms with Gasteiger partial charge >= 0.3 is 13.6 Å². The van der Waals surface area contributed by atoms with E-state index in [1.54, 1.807) is 43.3 Å². The van der Waals surface area contributed by atoms with Crippen molar-refractivity contribution in [1.82, 2.24) is 0 Å². The third-order valence-electron chi connectivity index (χ3n) is 3.10. The van der Waals surface area contributed by atoms with Crippen molar-refractivity contribution in [3.05, 3.63) is 59.7 Å². The van der Waals surface area contributed by atoms with Gasteiger partial charge in [-0.3, -0.25) is 4.79 Å². The predicted molar refractivity (Wildman–Crippen MR) is 92.7 cm³/mol. The Balaban J connectivity index is 2.26. The van der Waals surface area contributed by atoms with Crippen LogP contribution in [-0.2, 0) is 14.1 Å². The first-order chi connectivity index (χ1) is 11.4. The number of carbonyl (C=O) groups is 1. The molecule has 0 heterocycles. The molecule has 0 saturated heterocycles. The molecule has 0 spiro atoms. The zero-order valence-electron chi connectivity index (χ0n) is 14.0. The summed E-state index contributed by atoms with van der Waals surface area (Å²) in [6.07, 6.45) is -0.456. The average molecular weight is 348 g/mol. The summed E-state index contributed by atoms with van der Waals surface area (Å²) >= 11 is 0. The van der Waals surface area contributed by atoms with Crippen molar-refractivity contribution in [1.29, 1.82) is 0 Å². The number of hydrogen-bond donors (Lipinski definition) is 0. The smallest absolute Gasteiger partial charge is 0.441 e. The molecule has 0 radical (unpaired) electrons. The van der Waals surface area contributed by atoms with Gasteiger partial charge < -0.3 is 13.8 Å². The SMILES string of the molecule is CCOC(=O)CP(=O)(Oc1cccc(C)c1)Oc1cccc(C)c1. The summed E-state index contributed by atoms with van der Waals surface area (Å²) in [4.78, 5) is 11.8. The van der Waals surface area contributed by atoms with Crippen LogP contribution < -0.4 is 9.05 Å². The van der Waals surface area contributed by atoms with Crippen LogP contribution in [0.4, 0.5) is 0 Å². The van der Waals surface area contributed by atoms with E-state index in [1.165, 1.54) is 0 Å². The number of rotatable bonds is 7. The van der Waals surface area contributed by atoms with Gasteiger partial charge in [-0.1, -0.05) is 24.3 Å². The highest BCUT2D eigenvalue weighted by molar-refractivity contribution is 7.55. The second-order valence-corrected chi connectivity index (χ2v) is 7.29. The third-order valence-corrected chi connectivity index (χ3v) is 4.72. The molecule has 0 aliphatic rings. The largest absolute Gasteiger partial charge is 0.465 e. The van der Waals surface area contributed by atoms with Crippen LogP contribution in [-0.4, -0.2) is 18.7 Å². The minimum Gasteiger partial charge on any atom is -0.465 e. The van der Waals surface area contributed by atoms with Gasteiger partial charge in [-0.15, -0.1) is 0 Å². The van der Waals surface area contributed by atoms with Gasteiger partial charge in [0.1, 0.15) is 11.5 Å². The highest BCUT2D eigenvalue weighted by atomic mass is 31.2. The predicted octanol–water partition coefficient (Wildman–Crippen LogP) is 4.52. The monoisotopic (exact) mass is 348 g/mol. The Labute approximate surface area is 142 Å². The Kier molecular flexibility index (Phi) is 6.04.